The molecule has 1 unspecified atom stereocenters. The van der Waals surface area contributed by atoms with Gasteiger partial charge in [-0.15, -0.1) is 0 Å². The van der Waals surface area contributed by atoms with E-state index in [1.807, 2.05) is 17.8 Å². The van der Waals surface area contributed by atoms with Crippen LogP contribution in [0.15, 0.2) is 22.7 Å². The normalized spacial score (nSPS) is 12.7. The highest BCUT2D eigenvalue weighted by Gasteiger charge is 2.18. The Kier molecular flexibility index (Phi) is 5.50. The molecule has 1 aromatic heterocycles. The van der Waals surface area contributed by atoms with Crippen molar-refractivity contribution in [2.75, 3.05) is 0 Å². The van der Waals surface area contributed by atoms with Crippen LogP contribution in [-0.2, 0) is 19.9 Å². The molecule has 1 aromatic carbocycles. The quantitative estimate of drug-likeness (QED) is 0.682. The molecule has 1 atom stereocenters. The first-order chi connectivity index (χ1) is 9.43. The zero-order chi connectivity index (χ0) is 14.9. The van der Waals surface area contributed by atoms with Crippen LogP contribution in [0.25, 0.3) is 0 Å². The van der Waals surface area contributed by atoms with Crippen LogP contribution >= 0.6 is 50.1 Å². The maximum Gasteiger partial charge on any atom is 0.0850 e. The van der Waals surface area contributed by atoms with E-state index in [4.69, 9.17) is 17.3 Å². The van der Waals surface area contributed by atoms with Gasteiger partial charge in [0.15, 0.2) is 0 Å². The SMILES string of the molecule is CCc1nn(C)c(CC(N)c2cc(Br)ccc2I)c1Cl. The summed E-state index contributed by atoms with van der Waals surface area (Å²) in [5, 5.41) is 5.18. The molecule has 0 aliphatic carbocycles. The van der Waals surface area contributed by atoms with Crippen molar-refractivity contribution in [3.05, 3.63) is 48.2 Å². The summed E-state index contributed by atoms with van der Waals surface area (Å²) in [6.07, 6.45) is 1.51. The molecule has 0 fully saturated rings. The van der Waals surface area contributed by atoms with E-state index in [0.717, 1.165) is 36.4 Å². The lowest BCUT2D eigenvalue weighted by atomic mass is 10.0. The summed E-state index contributed by atoms with van der Waals surface area (Å²) in [5.41, 5.74) is 9.40. The number of nitrogens with two attached hydrogens (primary N) is 1. The lowest BCUT2D eigenvalue weighted by Gasteiger charge is -2.15. The van der Waals surface area contributed by atoms with Gasteiger partial charge in [-0.25, -0.2) is 0 Å². The van der Waals surface area contributed by atoms with Gasteiger partial charge in [0.25, 0.3) is 0 Å². The fraction of sp³-hybridized carbons (Fsp3) is 0.357. The van der Waals surface area contributed by atoms with Crippen LogP contribution < -0.4 is 5.73 Å². The molecule has 0 saturated carbocycles. The van der Waals surface area contributed by atoms with Crippen molar-refractivity contribution in [3.8, 4) is 0 Å². The predicted octanol–water partition coefficient (Wildman–Crippen LogP) is 4.25. The fourth-order valence-corrected chi connectivity index (χ4v) is 3.64. The zero-order valence-electron chi connectivity index (χ0n) is 11.3. The third-order valence-electron chi connectivity index (χ3n) is 3.27. The number of aromatic nitrogens is 2. The highest BCUT2D eigenvalue weighted by atomic mass is 127. The van der Waals surface area contributed by atoms with Crippen LogP contribution in [-0.4, -0.2) is 9.78 Å². The molecule has 0 bridgehead atoms. The van der Waals surface area contributed by atoms with E-state index in [-0.39, 0.29) is 6.04 Å². The lowest BCUT2D eigenvalue weighted by Crippen LogP contribution is -2.17. The molecule has 20 heavy (non-hydrogen) atoms. The van der Waals surface area contributed by atoms with Crippen LogP contribution in [0.4, 0.5) is 0 Å². The molecule has 0 amide bonds. The Hall–Kier alpha value is -0.110. The minimum atomic E-state index is -0.1000. The Bertz CT molecular complexity index is 627. The van der Waals surface area contributed by atoms with Crippen molar-refractivity contribution in [2.45, 2.75) is 25.8 Å². The van der Waals surface area contributed by atoms with Gasteiger partial charge in [0.05, 0.1) is 16.4 Å². The Balaban J connectivity index is 2.30. The van der Waals surface area contributed by atoms with Gasteiger partial charge < -0.3 is 5.73 Å². The molecular weight excluding hydrogens is 452 g/mol. The molecule has 6 heteroatoms. The van der Waals surface area contributed by atoms with Gasteiger partial charge in [0.1, 0.15) is 0 Å². The van der Waals surface area contributed by atoms with Gasteiger partial charge in [-0.05, 0) is 52.8 Å². The second-order valence-electron chi connectivity index (χ2n) is 4.66. The Labute approximate surface area is 146 Å². The largest absolute Gasteiger partial charge is 0.324 e. The summed E-state index contributed by atoms with van der Waals surface area (Å²) < 4.78 is 4.03. The number of aryl methyl sites for hydroxylation is 2. The van der Waals surface area contributed by atoms with Crippen molar-refractivity contribution < 1.29 is 0 Å². The third-order valence-corrected chi connectivity index (χ3v) is 5.19. The van der Waals surface area contributed by atoms with Gasteiger partial charge in [0.2, 0.25) is 0 Å². The van der Waals surface area contributed by atoms with Crippen LogP contribution in [0.1, 0.15) is 29.9 Å². The molecule has 1 heterocycles. The molecule has 108 valence electrons. The third kappa shape index (κ3) is 3.37. The maximum absolute atomic E-state index is 6.38. The van der Waals surface area contributed by atoms with Gasteiger partial charge >= 0.3 is 0 Å². The van der Waals surface area contributed by atoms with Crippen LogP contribution in [0.3, 0.4) is 0 Å². The Morgan fingerprint density at radius 2 is 2.20 bits per heavy atom. The summed E-state index contributed by atoms with van der Waals surface area (Å²) in [6.45, 7) is 2.05. The summed E-state index contributed by atoms with van der Waals surface area (Å²) in [4.78, 5) is 0. The molecule has 0 aliphatic heterocycles. The number of hydrogen-bond donors (Lipinski definition) is 1. The molecule has 2 rings (SSSR count). The van der Waals surface area contributed by atoms with E-state index < -0.39 is 0 Å². The second kappa shape index (κ2) is 6.77. The first-order valence-corrected chi connectivity index (χ1v) is 8.59. The second-order valence-corrected chi connectivity index (χ2v) is 7.12. The fourth-order valence-electron chi connectivity index (χ4n) is 2.16. The van der Waals surface area contributed by atoms with Crippen LogP contribution in [0, 0.1) is 3.57 Å². The minimum Gasteiger partial charge on any atom is -0.324 e. The van der Waals surface area contributed by atoms with Crippen molar-refractivity contribution in [2.24, 2.45) is 12.8 Å². The predicted molar refractivity (Wildman–Crippen MR) is 95.1 cm³/mol. The topological polar surface area (TPSA) is 43.8 Å². The van der Waals surface area contributed by atoms with Gasteiger partial charge in [-0.2, -0.15) is 5.10 Å². The standard InChI is InChI=1S/C14H16BrClIN3/c1-3-12-14(16)13(20(2)19-12)7-11(18)9-6-8(15)4-5-10(9)17/h4-6,11H,3,7,18H2,1-2H3. The van der Waals surface area contributed by atoms with Crippen molar-refractivity contribution in [1.82, 2.24) is 9.78 Å². The lowest BCUT2D eigenvalue weighted by molar-refractivity contribution is 0.636. The molecule has 2 N–H and O–H groups in total. The average Bonchev–Trinajstić information content (AvgIpc) is 2.68. The summed E-state index contributed by atoms with van der Waals surface area (Å²) >= 11 is 12.2. The first-order valence-electron chi connectivity index (χ1n) is 6.34. The summed E-state index contributed by atoms with van der Waals surface area (Å²) in [6, 6.07) is 6.04. The van der Waals surface area contributed by atoms with E-state index in [1.54, 1.807) is 0 Å². The number of hydrogen-bond acceptors (Lipinski definition) is 2. The summed E-state index contributed by atoms with van der Waals surface area (Å²) in [5.74, 6) is 0. The molecule has 0 spiro atoms. The molecule has 0 aliphatic rings. The molecule has 0 radical (unpaired) electrons. The van der Waals surface area contributed by atoms with Gasteiger partial charge in [0, 0.05) is 27.6 Å². The van der Waals surface area contributed by atoms with Crippen molar-refractivity contribution in [3.63, 3.8) is 0 Å². The minimum absolute atomic E-state index is 0.1000. The molecule has 0 saturated heterocycles. The number of rotatable bonds is 4. The highest BCUT2D eigenvalue weighted by molar-refractivity contribution is 14.1. The molecule has 2 aromatic rings. The van der Waals surface area contributed by atoms with E-state index in [9.17, 15) is 0 Å². The highest BCUT2D eigenvalue weighted by Crippen LogP contribution is 2.28. The average molecular weight is 469 g/mol. The zero-order valence-corrected chi connectivity index (χ0v) is 15.8. The maximum atomic E-state index is 6.38. The summed E-state index contributed by atoms with van der Waals surface area (Å²) in [7, 11) is 1.92. The first kappa shape index (κ1) is 16.3. The number of benzene rings is 1. The van der Waals surface area contributed by atoms with E-state index in [2.05, 4.69) is 62.7 Å². The number of halogens is 3. The Morgan fingerprint density at radius 1 is 1.50 bits per heavy atom. The van der Waals surface area contributed by atoms with Crippen LogP contribution in [0.2, 0.25) is 5.02 Å². The van der Waals surface area contributed by atoms with E-state index >= 15 is 0 Å². The number of nitrogens with zero attached hydrogens (tertiary/aromatic N) is 2. The Morgan fingerprint density at radius 3 is 2.80 bits per heavy atom. The van der Waals surface area contributed by atoms with E-state index in [1.165, 1.54) is 0 Å². The smallest absolute Gasteiger partial charge is 0.0850 e. The van der Waals surface area contributed by atoms with Crippen molar-refractivity contribution >= 4 is 50.1 Å². The monoisotopic (exact) mass is 467 g/mol. The molecule has 3 nitrogen and oxygen atoms in total. The van der Waals surface area contributed by atoms with Crippen molar-refractivity contribution in [1.29, 1.82) is 0 Å². The molecular formula is C14H16BrClIN3. The van der Waals surface area contributed by atoms with Crippen LogP contribution in [0.5, 0.6) is 0 Å². The van der Waals surface area contributed by atoms with Gasteiger partial charge in [-0.1, -0.05) is 34.5 Å². The van der Waals surface area contributed by atoms with Gasteiger partial charge in [-0.3, -0.25) is 4.68 Å². The van der Waals surface area contributed by atoms with E-state index in [0.29, 0.717) is 6.42 Å².